The Morgan fingerprint density at radius 3 is 2.61 bits per heavy atom. The molecule has 9 heteroatoms. The van der Waals surface area contributed by atoms with Crippen molar-refractivity contribution in [2.24, 2.45) is 0 Å². The van der Waals surface area contributed by atoms with Crippen LogP contribution in [0.4, 0.5) is 0 Å². The van der Waals surface area contributed by atoms with Gasteiger partial charge in [-0.3, -0.25) is 4.79 Å². The lowest BCUT2D eigenvalue weighted by atomic mass is 10.1. The van der Waals surface area contributed by atoms with Gasteiger partial charge in [0, 0.05) is 25.8 Å². The molecule has 1 aromatic heterocycles. The number of carbonyl (C=O) groups is 1. The number of benzene rings is 1. The van der Waals surface area contributed by atoms with Gasteiger partial charge in [0.05, 0.1) is 24.5 Å². The third kappa shape index (κ3) is 5.11. The summed E-state index contributed by atoms with van der Waals surface area (Å²) in [4.78, 5) is 16.7. The summed E-state index contributed by atoms with van der Waals surface area (Å²) in [5.74, 6) is -0.328. The van der Waals surface area contributed by atoms with Crippen LogP contribution < -0.4 is 5.32 Å². The van der Waals surface area contributed by atoms with E-state index >= 15 is 0 Å². The summed E-state index contributed by atoms with van der Waals surface area (Å²) in [5.41, 5.74) is 1.97. The Morgan fingerprint density at radius 2 is 1.89 bits per heavy atom. The standard InChI is InChI=1S/C19H23N3O4S2/c1-27-19-17(7-4-8-20-19)18(23)21-13-15-5-2-3-6-16(15)14-28(24,25)22-9-11-26-12-10-22/h2-8H,9-14H2,1H3,(H,21,23). The summed E-state index contributed by atoms with van der Waals surface area (Å²) >= 11 is 1.41. The van der Waals surface area contributed by atoms with E-state index in [1.165, 1.54) is 16.1 Å². The highest BCUT2D eigenvalue weighted by Gasteiger charge is 2.25. The second-order valence-corrected chi connectivity index (χ2v) is 9.04. The number of hydrogen-bond donors (Lipinski definition) is 1. The van der Waals surface area contributed by atoms with Gasteiger partial charge in [-0.1, -0.05) is 24.3 Å². The van der Waals surface area contributed by atoms with Crippen molar-refractivity contribution in [1.82, 2.24) is 14.6 Å². The van der Waals surface area contributed by atoms with Crippen molar-refractivity contribution in [2.45, 2.75) is 17.3 Å². The van der Waals surface area contributed by atoms with Crippen LogP contribution in [0, 0.1) is 0 Å². The topological polar surface area (TPSA) is 88.6 Å². The maximum absolute atomic E-state index is 12.7. The molecule has 0 unspecified atom stereocenters. The van der Waals surface area contributed by atoms with Crippen LogP contribution >= 0.6 is 11.8 Å². The molecule has 1 aromatic carbocycles. The first-order valence-electron chi connectivity index (χ1n) is 8.91. The summed E-state index contributed by atoms with van der Waals surface area (Å²) in [6.45, 7) is 1.83. The first-order chi connectivity index (χ1) is 13.5. The van der Waals surface area contributed by atoms with Crippen molar-refractivity contribution >= 4 is 27.7 Å². The second-order valence-electron chi connectivity index (χ2n) is 6.28. The minimum atomic E-state index is -3.43. The summed E-state index contributed by atoms with van der Waals surface area (Å²) in [6.07, 6.45) is 3.51. The van der Waals surface area contributed by atoms with Crippen LogP contribution in [-0.4, -0.2) is 56.2 Å². The van der Waals surface area contributed by atoms with Crippen LogP contribution in [0.15, 0.2) is 47.6 Å². The lowest BCUT2D eigenvalue weighted by Gasteiger charge is -2.26. The molecule has 0 aliphatic carbocycles. The molecule has 7 nitrogen and oxygen atoms in total. The Morgan fingerprint density at radius 1 is 1.18 bits per heavy atom. The molecular weight excluding hydrogens is 398 g/mol. The molecule has 0 bridgehead atoms. The molecule has 1 N–H and O–H groups in total. The molecule has 1 aliphatic heterocycles. The number of ether oxygens (including phenoxy) is 1. The maximum atomic E-state index is 12.7. The number of amides is 1. The third-order valence-electron chi connectivity index (χ3n) is 4.47. The van der Waals surface area contributed by atoms with E-state index in [9.17, 15) is 13.2 Å². The summed E-state index contributed by atoms with van der Waals surface area (Å²) < 4.78 is 32.1. The van der Waals surface area contributed by atoms with Gasteiger partial charge in [-0.25, -0.2) is 13.4 Å². The van der Waals surface area contributed by atoms with Crippen LogP contribution in [0.1, 0.15) is 21.5 Å². The number of carbonyl (C=O) groups excluding carboxylic acids is 1. The average molecular weight is 422 g/mol. The predicted molar refractivity (Wildman–Crippen MR) is 109 cm³/mol. The van der Waals surface area contributed by atoms with Crippen molar-refractivity contribution in [1.29, 1.82) is 0 Å². The van der Waals surface area contributed by atoms with Gasteiger partial charge in [-0.2, -0.15) is 4.31 Å². The molecule has 3 rings (SSSR count). The summed E-state index contributed by atoms with van der Waals surface area (Å²) in [7, 11) is -3.43. The number of aromatic nitrogens is 1. The predicted octanol–water partition coefficient (Wildman–Crippen LogP) is 1.90. The fourth-order valence-corrected chi connectivity index (χ4v) is 5.09. The van der Waals surface area contributed by atoms with E-state index < -0.39 is 10.0 Å². The molecule has 2 aromatic rings. The van der Waals surface area contributed by atoms with Gasteiger partial charge in [-0.15, -0.1) is 11.8 Å². The van der Waals surface area contributed by atoms with Gasteiger partial charge in [0.15, 0.2) is 0 Å². The van der Waals surface area contributed by atoms with Crippen molar-refractivity contribution in [2.75, 3.05) is 32.6 Å². The smallest absolute Gasteiger partial charge is 0.254 e. The average Bonchev–Trinajstić information content (AvgIpc) is 2.73. The van der Waals surface area contributed by atoms with E-state index in [0.29, 0.717) is 42.5 Å². The van der Waals surface area contributed by atoms with E-state index in [0.717, 1.165) is 5.56 Å². The number of sulfonamides is 1. The zero-order valence-corrected chi connectivity index (χ0v) is 17.3. The SMILES string of the molecule is CSc1ncccc1C(=O)NCc1ccccc1CS(=O)(=O)N1CCOCC1. The van der Waals surface area contributed by atoms with Crippen molar-refractivity contribution in [3.63, 3.8) is 0 Å². The molecule has 28 heavy (non-hydrogen) atoms. The fraction of sp³-hybridized carbons (Fsp3) is 0.368. The van der Waals surface area contributed by atoms with Gasteiger partial charge in [0.1, 0.15) is 5.03 Å². The first kappa shape index (κ1) is 20.8. The highest BCUT2D eigenvalue weighted by Crippen LogP contribution is 2.19. The molecule has 1 aliphatic rings. The van der Waals surface area contributed by atoms with E-state index in [1.54, 1.807) is 24.4 Å². The quantitative estimate of drug-likeness (QED) is 0.687. The van der Waals surface area contributed by atoms with Crippen molar-refractivity contribution in [3.8, 4) is 0 Å². The van der Waals surface area contributed by atoms with Gasteiger partial charge in [0.2, 0.25) is 10.0 Å². The molecule has 150 valence electrons. The Hall–Kier alpha value is -1.94. The summed E-state index contributed by atoms with van der Waals surface area (Å²) in [6, 6.07) is 10.7. The molecular formula is C19H23N3O4S2. The number of pyridine rings is 1. The Labute approximate surface area is 169 Å². The number of morpholine rings is 1. The minimum absolute atomic E-state index is 0.0952. The first-order valence-corrected chi connectivity index (χ1v) is 11.7. The zero-order valence-electron chi connectivity index (χ0n) is 15.6. The van der Waals surface area contributed by atoms with Crippen molar-refractivity contribution < 1.29 is 17.9 Å². The van der Waals surface area contributed by atoms with Crippen LogP contribution in [0.2, 0.25) is 0 Å². The fourth-order valence-electron chi connectivity index (χ4n) is 2.98. The molecule has 1 saturated heterocycles. The molecule has 0 saturated carbocycles. The molecule has 1 fully saturated rings. The van der Waals surface area contributed by atoms with Gasteiger partial charge in [0.25, 0.3) is 5.91 Å². The monoisotopic (exact) mass is 421 g/mol. The van der Waals surface area contributed by atoms with Crippen LogP contribution in [0.3, 0.4) is 0 Å². The third-order valence-corrected chi connectivity index (χ3v) is 7.01. The number of nitrogens with zero attached hydrogens (tertiary/aromatic N) is 2. The number of thioether (sulfide) groups is 1. The van der Waals surface area contributed by atoms with Crippen LogP contribution in [0.25, 0.3) is 0 Å². The van der Waals surface area contributed by atoms with Crippen LogP contribution in [0.5, 0.6) is 0 Å². The lowest BCUT2D eigenvalue weighted by molar-refractivity contribution is 0.0729. The molecule has 0 atom stereocenters. The van der Waals surface area contributed by atoms with Crippen LogP contribution in [-0.2, 0) is 27.1 Å². The highest BCUT2D eigenvalue weighted by molar-refractivity contribution is 7.98. The Balaban J connectivity index is 1.71. The lowest BCUT2D eigenvalue weighted by Crippen LogP contribution is -2.41. The molecule has 2 heterocycles. The number of rotatable bonds is 7. The second kappa shape index (κ2) is 9.51. The minimum Gasteiger partial charge on any atom is -0.379 e. The number of nitrogens with one attached hydrogen (secondary N) is 1. The Bertz CT molecular complexity index is 928. The van der Waals surface area contributed by atoms with E-state index in [-0.39, 0.29) is 18.2 Å². The Kier molecular flexibility index (Phi) is 7.06. The van der Waals surface area contributed by atoms with Gasteiger partial charge in [-0.05, 0) is 29.5 Å². The molecule has 0 radical (unpaired) electrons. The largest absolute Gasteiger partial charge is 0.379 e. The van der Waals surface area contributed by atoms with Gasteiger partial charge < -0.3 is 10.1 Å². The maximum Gasteiger partial charge on any atom is 0.254 e. The van der Waals surface area contributed by atoms with Crippen molar-refractivity contribution in [3.05, 3.63) is 59.3 Å². The molecule has 0 spiro atoms. The number of hydrogen-bond acceptors (Lipinski definition) is 6. The van der Waals surface area contributed by atoms with Gasteiger partial charge >= 0.3 is 0 Å². The van der Waals surface area contributed by atoms with E-state index in [2.05, 4.69) is 10.3 Å². The normalized spacial score (nSPS) is 15.3. The summed E-state index contributed by atoms with van der Waals surface area (Å²) in [5, 5.41) is 3.53. The zero-order chi connectivity index (χ0) is 20.0. The van der Waals surface area contributed by atoms with E-state index in [4.69, 9.17) is 4.74 Å². The highest BCUT2D eigenvalue weighted by atomic mass is 32.2. The molecule has 1 amide bonds. The van der Waals surface area contributed by atoms with E-state index in [1.807, 2.05) is 24.5 Å².